The fraction of sp³-hybridized carbons (Fsp3) is 0.778. The molecule has 0 aliphatic rings. The van der Waals surface area contributed by atoms with Gasteiger partial charge in [0.15, 0.2) is 0 Å². The molecule has 0 heterocycles. The molecule has 2 atom stereocenters. The summed E-state index contributed by atoms with van der Waals surface area (Å²) >= 11 is 0. The highest BCUT2D eigenvalue weighted by Crippen LogP contribution is 1.97. The lowest BCUT2D eigenvalue weighted by atomic mass is 10.1. The summed E-state index contributed by atoms with van der Waals surface area (Å²) in [5.74, 6) is -1.79. The smallest absolute Gasteiger partial charge is 0.326 e. The van der Waals surface area contributed by atoms with E-state index in [0.717, 1.165) is 0 Å². The second kappa shape index (κ2) is 7.19. The van der Waals surface area contributed by atoms with E-state index >= 15 is 0 Å². The number of nitrogens with one attached hydrogen (secondary N) is 1. The third kappa shape index (κ3) is 5.34. The van der Waals surface area contributed by atoms with Gasteiger partial charge in [0.05, 0.1) is 0 Å². The first kappa shape index (κ1) is 13.9. The van der Waals surface area contributed by atoms with Crippen LogP contribution in [0, 0.1) is 5.92 Å². The molecular weight excluding hydrogens is 200 g/mol. The summed E-state index contributed by atoms with van der Waals surface area (Å²) in [5.41, 5.74) is 5.29. The molecule has 6 nitrogen and oxygen atoms in total. The van der Waals surface area contributed by atoms with Gasteiger partial charge in [-0.05, 0) is 0 Å². The Bertz CT molecular complexity index is 220. The highest BCUT2D eigenvalue weighted by Gasteiger charge is 2.21. The molecule has 1 amide bonds. The maximum absolute atomic E-state index is 11.4. The third-order valence-corrected chi connectivity index (χ3v) is 2.03. The fourth-order valence-electron chi connectivity index (χ4n) is 0.914. The Labute approximate surface area is 88.8 Å². The molecule has 0 aromatic rings. The zero-order valence-corrected chi connectivity index (χ0v) is 9.03. The molecule has 0 radical (unpaired) electrons. The van der Waals surface area contributed by atoms with Gasteiger partial charge in [-0.1, -0.05) is 6.92 Å². The predicted octanol–water partition coefficient (Wildman–Crippen LogP) is -0.813. The van der Waals surface area contributed by atoms with Crippen molar-refractivity contribution < 1.29 is 19.4 Å². The van der Waals surface area contributed by atoms with Gasteiger partial charge in [0.1, 0.15) is 6.04 Å². The number of ether oxygens (including phenoxy) is 1. The Balaban J connectivity index is 4.16. The van der Waals surface area contributed by atoms with Gasteiger partial charge >= 0.3 is 5.97 Å². The molecule has 15 heavy (non-hydrogen) atoms. The van der Waals surface area contributed by atoms with Crippen LogP contribution < -0.4 is 11.1 Å². The lowest BCUT2D eigenvalue weighted by Crippen LogP contribution is -2.45. The molecule has 0 aliphatic heterocycles. The summed E-state index contributed by atoms with van der Waals surface area (Å²) in [6, 6.07) is -0.911. The number of nitrogens with two attached hydrogens (primary N) is 1. The van der Waals surface area contributed by atoms with Gasteiger partial charge in [0.2, 0.25) is 5.91 Å². The summed E-state index contributed by atoms with van der Waals surface area (Å²) in [7, 11) is 1.48. The number of aliphatic carboxylic acids is 1. The topological polar surface area (TPSA) is 102 Å². The second-order valence-electron chi connectivity index (χ2n) is 3.32. The Hall–Kier alpha value is -1.14. The van der Waals surface area contributed by atoms with Crippen LogP contribution in [0.25, 0.3) is 0 Å². The van der Waals surface area contributed by atoms with Crippen LogP contribution in [0.3, 0.4) is 0 Å². The Kier molecular flexibility index (Phi) is 6.64. The largest absolute Gasteiger partial charge is 0.480 e. The molecule has 6 heteroatoms. The highest BCUT2D eigenvalue weighted by molar-refractivity contribution is 5.84. The molecule has 2 unspecified atom stereocenters. The van der Waals surface area contributed by atoms with Gasteiger partial charge in [-0.15, -0.1) is 0 Å². The van der Waals surface area contributed by atoms with E-state index in [2.05, 4.69) is 5.32 Å². The molecule has 0 aromatic heterocycles. The SMILES string of the molecule is COCCC(NC(=O)C(C)CN)C(=O)O. The number of rotatable bonds is 7. The average molecular weight is 218 g/mol. The van der Waals surface area contributed by atoms with Crippen molar-refractivity contribution in [1.82, 2.24) is 5.32 Å². The number of hydrogen-bond acceptors (Lipinski definition) is 4. The quantitative estimate of drug-likeness (QED) is 0.518. The normalized spacial score (nSPS) is 14.3. The van der Waals surface area contributed by atoms with Crippen LogP contribution in [0.4, 0.5) is 0 Å². The van der Waals surface area contributed by atoms with Crippen molar-refractivity contribution in [3.8, 4) is 0 Å². The molecule has 0 aromatic carbocycles. The zero-order chi connectivity index (χ0) is 11.8. The van der Waals surface area contributed by atoms with Gasteiger partial charge in [-0.3, -0.25) is 4.79 Å². The standard InChI is InChI=1S/C9H18N2O4/c1-6(5-10)8(12)11-7(9(13)14)3-4-15-2/h6-7H,3-5,10H2,1-2H3,(H,11,12)(H,13,14). The minimum Gasteiger partial charge on any atom is -0.480 e. The number of amides is 1. The summed E-state index contributed by atoms with van der Waals surface area (Å²) in [6.45, 7) is 2.13. The first-order chi connectivity index (χ1) is 7.02. The zero-order valence-electron chi connectivity index (χ0n) is 9.03. The van der Waals surface area contributed by atoms with Crippen molar-refractivity contribution in [2.75, 3.05) is 20.3 Å². The summed E-state index contributed by atoms with van der Waals surface area (Å²) in [6.07, 6.45) is 0.245. The van der Waals surface area contributed by atoms with E-state index in [9.17, 15) is 9.59 Å². The molecule has 0 fully saturated rings. The van der Waals surface area contributed by atoms with E-state index in [-0.39, 0.29) is 31.4 Å². The van der Waals surface area contributed by atoms with Crippen molar-refractivity contribution in [2.24, 2.45) is 11.7 Å². The summed E-state index contributed by atoms with van der Waals surface area (Å²) in [4.78, 5) is 22.1. The lowest BCUT2D eigenvalue weighted by Gasteiger charge is -2.16. The van der Waals surface area contributed by atoms with Crippen LogP contribution in [-0.4, -0.2) is 43.3 Å². The molecule has 88 valence electrons. The maximum Gasteiger partial charge on any atom is 0.326 e. The van der Waals surface area contributed by atoms with Crippen molar-refractivity contribution in [2.45, 2.75) is 19.4 Å². The van der Waals surface area contributed by atoms with E-state index in [0.29, 0.717) is 0 Å². The fourth-order valence-corrected chi connectivity index (χ4v) is 0.914. The van der Waals surface area contributed by atoms with Gasteiger partial charge < -0.3 is 20.9 Å². The monoisotopic (exact) mass is 218 g/mol. The molecule has 0 spiro atoms. The number of carboxylic acids is 1. The van der Waals surface area contributed by atoms with Crippen LogP contribution in [0.2, 0.25) is 0 Å². The lowest BCUT2D eigenvalue weighted by molar-refractivity contribution is -0.142. The number of hydrogen-bond donors (Lipinski definition) is 3. The number of carbonyl (C=O) groups is 2. The van der Waals surface area contributed by atoms with Crippen LogP contribution in [0.15, 0.2) is 0 Å². The van der Waals surface area contributed by atoms with Gasteiger partial charge in [-0.2, -0.15) is 0 Å². The maximum atomic E-state index is 11.4. The molecule has 0 rings (SSSR count). The van der Waals surface area contributed by atoms with Crippen molar-refractivity contribution >= 4 is 11.9 Å². The van der Waals surface area contributed by atoms with E-state index in [1.165, 1.54) is 7.11 Å². The Morgan fingerprint density at radius 1 is 1.53 bits per heavy atom. The number of carbonyl (C=O) groups excluding carboxylic acids is 1. The van der Waals surface area contributed by atoms with Crippen LogP contribution in [0.1, 0.15) is 13.3 Å². The minimum absolute atomic E-state index is 0.197. The van der Waals surface area contributed by atoms with Gasteiger partial charge in [0, 0.05) is 32.6 Å². The van der Waals surface area contributed by atoms with Gasteiger partial charge in [-0.25, -0.2) is 4.79 Å². The van der Waals surface area contributed by atoms with E-state index in [1.807, 2.05) is 0 Å². The van der Waals surface area contributed by atoms with Crippen molar-refractivity contribution in [3.63, 3.8) is 0 Å². The Morgan fingerprint density at radius 2 is 2.13 bits per heavy atom. The minimum atomic E-state index is -1.07. The van der Waals surface area contributed by atoms with Crippen molar-refractivity contribution in [3.05, 3.63) is 0 Å². The molecule has 0 bridgehead atoms. The number of methoxy groups -OCH3 is 1. The first-order valence-electron chi connectivity index (χ1n) is 4.75. The summed E-state index contributed by atoms with van der Waals surface area (Å²) in [5, 5.41) is 11.2. The van der Waals surface area contributed by atoms with Gasteiger partial charge in [0.25, 0.3) is 0 Å². The van der Waals surface area contributed by atoms with Crippen LogP contribution in [-0.2, 0) is 14.3 Å². The van der Waals surface area contributed by atoms with E-state index in [1.54, 1.807) is 6.92 Å². The molecular formula is C9H18N2O4. The van der Waals surface area contributed by atoms with E-state index in [4.69, 9.17) is 15.6 Å². The first-order valence-corrected chi connectivity index (χ1v) is 4.75. The van der Waals surface area contributed by atoms with Crippen LogP contribution >= 0.6 is 0 Å². The van der Waals surface area contributed by atoms with Crippen LogP contribution in [0.5, 0.6) is 0 Å². The van der Waals surface area contributed by atoms with Crippen molar-refractivity contribution in [1.29, 1.82) is 0 Å². The van der Waals surface area contributed by atoms with E-state index < -0.39 is 12.0 Å². The highest BCUT2D eigenvalue weighted by atomic mass is 16.5. The molecule has 0 saturated carbocycles. The Morgan fingerprint density at radius 3 is 2.53 bits per heavy atom. The molecule has 0 saturated heterocycles. The third-order valence-electron chi connectivity index (χ3n) is 2.03. The summed E-state index contributed by atoms with van der Waals surface area (Å²) < 4.78 is 4.75. The molecule has 4 N–H and O–H groups in total. The second-order valence-corrected chi connectivity index (χ2v) is 3.32. The number of carboxylic acid groups (broad SMARTS) is 1. The molecule has 0 aliphatic carbocycles. The average Bonchev–Trinajstić information content (AvgIpc) is 2.22. The predicted molar refractivity (Wildman–Crippen MR) is 54.3 cm³/mol.